The normalized spacial score (nSPS) is 38.1. The van der Waals surface area contributed by atoms with Crippen molar-refractivity contribution < 1.29 is 81.0 Å². The van der Waals surface area contributed by atoms with E-state index in [4.69, 9.17) is 42.3 Å². The van der Waals surface area contributed by atoms with Crippen LogP contribution in [-0.2, 0) is 71.5 Å². The lowest BCUT2D eigenvalue weighted by molar-refractivity contribution is -0.333. The number of carbonyl (C=O) groups is 7. The molecular weight excluding hydrogens is 752 g/mol. The van der Waals surface area contributed by atoms with Crippen molar-refractivity contribution in [2.45, 2.75) is 129 Å². The Morgan fingerprint density at radius 1 is 1.07 bits per heavy atom. The number of ether oxygens (including phenoxy) is 8. The highest BCUT2D eigenvalue weighted by molar-refractivity contribution is 5.96. The fraction of sp³-hybridized carbons (Fsp3) is 0.675. The van der Waals surface area contributed by atoms with Crippen molar-refractivity contribution >= 4 is 42.1 Å². The number of Topliss-reactive ketones (excluding diaryl/α,β-unsaturated/α-hetero) is 1. The SMILES string of the molecule is C=C1[C@@H]([C@@]2(C)[C@@H](OC(C)=O)C[C@@]3(OC(C)=O)OC[C@](C)(O3)[C@@H]2CC(=O)OC)[C@@H](OC=O)[C@H](OC(=O)C(OC(C)=O)C(C)CC)[C@@]2(C)[C@H](c3ccoc3)CC(=O)[C@]12O. The maximum absolute atomic E-state index is 14.6. The van der Waals surface area contributed by atoms with Gasteiger partial charge in [0.15, 0.2) is 11.4 Å². The third-order valence-electron chi connectivity index (χ3n) is 12.9. The van der Waals surface area contributed by atoms with Gasteiger partial charge in [0.05, 0.1) is 50.1 Å². The van der Waals surface area contributed by atoms with Gasteiger partial charge in [0.2, 0.25) is 6.10 Å². The molecule has 13 atom stereocenters. The van der Waals surface area contributed by atoms with Gasteiger partial charge in [-0.25, -0.2) is 4.79 Å². The number of hydrogen-bond acceptors (Lipinski definition) is 17. The molecule has 17 heteroatoms. The first-order chi connectivity index (χ1) is 26.6. The van der Waals surface area contributed by atoms with E-state index in [2.05, 4.69) is 6.58 Å². The number of hydrogen-bond donors (Lipinski definition) is 1. The van der Waals surface area contributed by atoms with Gasteiger partial charge >= 0.3 is 35.8 Å². The van der Waals surface area contributed by atoms with Crippen LogP contribution in [0.1, 0.15) is 92.6 Å². The van der Waals surface area contributed by atoms with Crippen molar-refractivity contribution in [3.63, 3.8) is 0 Å². The fourth-order valence-electron chi connectivity index (χ4n) is 10.1. The molecule has 314 valence electrons. The van der Waals surface area contributed by atoms with E-state index in [1.807, 2.05) is 0 Å². The van der Waals surface area contributed by atoms with Crippen molar-refractivity contribution in [1.82, 2.24) is 0 Å². The molecule has 3 heterocycles. The third-order valence-corrected chi connectivity index (χ3v) is 12.9. The lowest BCUT2D eigenvalue weighted by Crippen LogP contribution is -2.72. The van der Waals surface area contributed by atoms with Crippen LogP contribution in [-0.4, -0.2) is 103 Å². The number of carbonyl (C=O) groups excluding carboxylic acids is 7. The summed E-state index contributed by atoms with van der Waals surface area (Å²) in [5, 5.41) is 13.2. The highest BCUT2D eigenvalue weighted by Gasteiger charge is 2.79. The van der Waals surface area contributed by atoms with Gasteiger partial charge in [-0.2, -0.15) is 0 Å². The van der Waals surface area contributed by atoms with E-state index in [9.17, 15) is 38.7 Å². The molecule has 2 saturated carbocycles. The largest absolute Gasteiger partial charge is 0.472 e. The molecule has 0 amide bonds. The molecule has 2 unspecified atom stereocenters. The van der Waals surface area contributed by atoms with Gasteiger partial charge < -0.3 is 47.4 Å². The lowest BCUT2D eigenvalue weighted by atomic mass is 9.46. The minimum atomic E-state index is -2.57. The van der Waals surface area contributed by atoms with Gasteiger partial charge in [0.1, 0.15) is 18.3 Å². The van der Waals surface area contributed by atoms with Crippen LogP contribution >= 0.6 is 0 Å². The van der Waals surface area contributed by atoms with Gasteiger partial charge in [-0.05, 0) is 30.5 Å². The zero-order valence-electron chi connectivity index (χ0n) is 33.7. The molecule has 4 fully saturated rings. The first-order valence-corrected chi connectivity index (χ1v) is 18.8. The molecule has 1 N–H and O–H groups in total. The van der Waals surface area contributed by atoms with E-state index >= 15 is 0 Å². The minimum Gasteiger partial charge on any atom is -0.472 e. The highest BCUT2D eigenvalue weighted by atomic mass is 16.9. The molecule has 5 rings (SSSR count). The quantitative estimate of drug-likeness (QED) is 0.131. The number of ketones is 1. The molecular formula is C40H52O17. The van der Waals surface area contributed by atoms with Gasteiger partial charge in [-0.3, -0.25) is 28.8 Å². The maximum Gasteiger partial charge on any atom is 0.348 e. The summed E-state index contributed by atoms with van der Waals surface area (Å²) in [5.41, 5.74) is -7.58. The number of rotatable bonds is 13. The summed E-state index contributed by atoms with van der Waals surface area (Å²) < 4.78 is 52.3. The number of esters is 5. The Morgan fingerprint density at radius 3 is 2.30 bits per heavy atom. The number of furan rings is 1. The molecule has 4 aliphatic rings. The maximum atomic E-state index is 14.6. The number of aliphatic hydroxyl groups is 1. The number of methoxy groups -OCH3 is 1. The topological polar surface area (TPSA) is 227 Å². The molecule has 1 aromatic rings. The van der Waals surface area contributed by atoms with Gasteiger partial charge in [-0.1, -0.05) is 34.3 Å². The van der Waals surface area contributed by atoms with Crippen LogP contribution < -0.4 is 0 Å². The summed E-state index contributed by atoms with van der Waals surface area (Å²) in [6, 6.07) is 1.58. The van der Waals surface area contributed by atoms with Crippen molar-refractivity contribution in [3.8, 4) is 0 Å². The van der Waals surface area contributed by atoms with Crippen molar-refractivity contribution in [3.05, 3.63) is 36.3 Å². The predicted octanol–water partition coefficient (Wildman–Crippen LogP) is 3.23. The van der Waals surface area contributed by atoms with Crippen LogP contribution in [0, 0.1) is 28.6 Å². The monoisotopic (exact) mass is 804 g/mol. The Kier molecular flexibility index (Phi) is 11.9. The van der Waals surface area contributed by atoms with E-state index in [1.54, 1.807) is 33.8 Å². The molecule has 2 bridgehead atoms. The Balaban J connectivity index is 1.85. The molecule has 0 spiro atoms. The molecule has 0 aromatic carbocycles. The van der Waals surface area contributed by atoms with Crippen LogP contribution in [0.15, 0.2) is 35.2 Å². The van der Waals surface area contributed by atoms with E-state index in [0.717, 1.165) is 27.9 Å². The molecule has 57 heavy (non-hydrogen) atoms. The Hall–Kier alpha value is -4.61. The predicted molar refractivity (Wildman–Crippen MR) is 191 cm³/mol. The summed E-state index contributed by atoms with van der Waals surface area (Å²) in [7, 11) is 1.16. The van der Waals surface area contributed by atoms with E-state index in [0.29, 0.717) is 12.0 Å². The first-order valence-electron chi connectivity index (χ1n) is 18.8. The van der Waals surface area contributed by atoms with Crippen LogP contribution in [0.4, 0.5) is 0 Å². The summed E-state index contributed by atoms with van der Waals surface area (Å²) in [5.74, 6) is -11.4. The first kappa shape index (κ1) is 43.5. The lowest BCUT2D eigenvalue weighted by Gasteiger charge is -2.61. The van der Waals surface area contributed by atoms with E-state index in [-0.39, 0.29) is 25.1 Å². The van der Waals surface area contributed by atoms with Crippen LogP contribution in [0.3, 0.4) is 0 Å². The Morgan fingerprint density at radius 2 is 1.75 bits per heavy atom. The third kappa shape index (κ3) is 7.05. The molecule has 17 nitrogen and oxygen atoms in total. The molecule has 2 aliphatic heterocycles. The second-order valence-electron chi connectivity index (χ2n) is 16.2. The van der Waals surface area contributed by atoms with E-state index in [1.165, 1.54) is 19.5 Å². The Bertz CT molecular complexity index is 1790. The second kappa shape index (κ2) is 15.6. The highest BCUT2D eigenvalue weighted by Crippen LogP contribution is 2.69. The zero-order valence-corrected chi connectivity index (χ0v) is 33.7. The van der Waals surface area contributed by atoms with E-state index < -0.39 is 125 Å². The average Bonchev–Trinajstić information content (AvgIpc) is 3.82. The number of fused-ring (bicyclic) bond motifs is 3. The molecule has 0 radical (unpaired) electrons. The minimum absolute atomic E-state index is 0.103. The summed E-state index contributed by atoms with van der Waals surface area (Å²) >= 11 is 0. The molecule has 2 aliphatic carbocycles. The fourth-order valence-corrected chi connectivity index (χ4v) is 10.1. The summed E-state index contributed by atoms with van der Waals surface area (Å²) in [6.45, 7) is 15.6. The van der Waals surface area contributed by atoms with Crippen LogP contribution in [0.5, 0.6) is 0 Å². The second-order valence-corrected chi connectivity index (χ2v) is 16.2. The summed E-state index contributed by atoms with van der Waals surface area (Å²) in [4.78, 5) is 93.0. The van der Waals surface area contributed by atoms with Gasteiger partial charge in [0.25, 0.3) is 6.47 Å². The van der Waals surface area contributed by atoms with Gasteiger partial charge in [0, 0.05) is 56.3 Å². The van der Waals surface area contributed by atoms with Gasteiger partial charge in [-0.15, -0.1) is 0 Å². The van der Waals surface area contributed by atoms with Crippen molar-refractivity contribution in [1.29, 1.82) is 0 Å². The molecule has 1 aromatic heterocycles. The van der Waals surface area contributed by atoms with Crippen LogP contribution in [0.2, 0.25) is 0 Å². The smallest absolute Gasteiger partial charge is 0.348 e. The summed E-state index contributed by atoms with van der Waals surface area (Å²) in [6.07, 6.45) is -4.54. The Labute approximate surface area is 329 Å². The zero-order chi connectivity index (χ0) is 42.5. The van der Waals surface area contributed by atoms with Crippen molar-refractivity contribution in [2.24, 2.45) is 28.6 Å². The molecule has 2 saturated heterocycles. The van der Waals surface area contributed by atoms with Crippen LogP contribution in [0.25, 0.3) is 0 Å². The average molecular weight is 805 g/mol. The standard InChI is InChI=1S/C40H52O17/c1-11-20(2)32(54-23(5)43)35(47)55-34-33(51-19-41)31(21(3)40(48)28(45)14-26(38(34,40)9)25-12-13-50-17-25)37(8)27(15-30(46)49-10)36(7)18-52-39(57-36,56-24(6)44)16-29(37)53-22(4)42/h12-13,17,19-20,26-27,29,31-34,48H,3,11,14-16,18H2,1-2,4-10H3/t20?,26-,27-,29-,31+,32?,33+,34-,36-,37+,38+,39-,40+/m0/s1. The van der Waals surface area contributed by atoms with Crippen molar-refractivity contribution in [2.75, 3.05) is 13.7 Å².